The number of esters is 1. The van der Waals surface area contributed by atoms with Crippen LogP contribution in [-0.4, -0.2) is 31.7 Å². The van der Waals surface area contributed by atoms with Crippen molar-refractivity contribution in [3.05, 3.63) is 78.5 Å². The highest BCUT2D eigenvalue weighted by molar-refractivity contribution is 7.92. The van der Waals surface area contributed by atoms with Gasteiger partial charge in [0.25, 0.3) is 10.0 Å². The smallest absolute Gasteiger partial charge is 0.359 e. The number of hydrogen-bond acceptors (Lipinski definition) is 5. The van der Waals surface area contributed by atoms with E-state index < -0.39 is 16.0 Å². The van der Waals surface area contributed by atoms with Crippen molar-refractivity contribution in [1.29, 1.82) is 0 Å². The van der Waals surface area contributed by atoms with Crippen molar-refractivity contribution in [2.75, 3.05) is 11.8 Å². The predicted octanol–water partition coefficient (Wildman–Crippen LogP) is 3.82. The van der Waals surface area contributed by atoms with Crippen LogP contribution in [0.1, 0.15) is 10.5 Å². The van der Waals surface area contributed by atoms with Crippen LogP contribution in [0, 0.1) is 0 Å². The Labute approximate surface area is 167 Å². The monoisotopic (exact) mass is 407 g/mol. The van der Waals surface area contributed by atoms with E-state index >= 15 is 0 Å². The van der Waals surface area contributed by atoms with E-state index in [-0.39, 0.29) is 10.6 Å². The van der Waals surface area contributed by atoms with E-state index in [1.807, 2.05) is 30.3 Å². The molecule has 0 saturated carbocycles. The van der Waals surface area contributed by atoms with Gasteiger partial charge in [0.1, 0.15) is 0 Å². The average molecular weight is 407 g/mol. The van der Waals surface area contributed by atoms with Gasteiger partial charge in [0.15, 0.2) is 5.69 Å². The number of anilines is 1. The van der Waals surface area contributed by atoms with E-state index in [4.69, 9.17) is 4.74 Å². The number of carbonyl (C=O) groups is 1. The van der Waals surface area contributed by atoms with Crippen LogP contribution in [0.3, 0.4) is 0 Å². The Morgan fingerprint density at radius 3 is 2.48 bits per heavy atom. The fraction of sp³-hybridized carbons (Fsp3) is 0.0476. The van der Waals surface area contributed by atoms with Crippen molar-refractivity contribution >= 4 is 32.6 Å². The van der Waals surface area contributed by atoms with Crippen LogP contribution in [-0.2, 0) is 14.8 Å². The molecule has 7 nitrogen and oxygen atoms in total. The molecule has 29 heavy (non-hydrogen) atoms. The Balaban J connectivity index is 1.74. The zero-order chi connectivity index (χ0) is 20.4. The molecule has 4 rings (SSSR count). The Morgan fingerprint density at radius 1 is 1.00 bits per heavy atom. The highest BCUT2D eigenvalue weighted by atomic mass is 32.2. The second kappa shape index (κ2) is 7.40. The Kier molecular flexibility index (Phi) is 4.77. The molecule has 0 saturated heterocycles. The fourth-order valence-electron chi connectivity index (χ4n) is 3.10. The number of methoxy groups -OCH3 is 1. The zero-order valence-corrected chi connectivity index (χ0v) is 16.2. The number of benzene rings is 3. The van der Waals surface area contributed by atoms with Gasteiger partial charge in [-0.3, -0.25) is 9.82 Å². The molecule has 0 aliphatic rings. The van der Waals surface area contributed by atoms with Gasteiger partial charge in [-0.25, -0.2) is 13.2 Å². The summed E-state index contributed by atoms with van der Waals surface area (Å²) in [6.45, 7) is 0. The van der Waals surface area contributed by atoms with Crippen LogP contribution in [0.15, 0.2) is 77.7 Å². The fourth-order valence-corrected chi connectivity index (χ4v) is 4.38. The van der Waals surface area contributed by atoms with E-state index in [1.165, 1.54) is 7.11 Å². The molecule has 0 aliphatic carbocycles. The number of aromatic nitrogens is 2. The summed E-state index contributed by atoms with van der Waals surface area (Å²) >= 11 is 0. The number of H-pyrrole nitrogens is 1. The molecule has 0 bridgehead atoms. The van der Waals surface area contributed by atoms with Gasteiger partial charge >= 0.3 is 5.97 Å². The summed E-state index contributed by atoms with van der Waals surface area (Å²) in [6, 6.07) is 20.9. The number of ether oxygens (including phenoxy) is 1. The topological polar surface area (TPSA) is 101 Å². The number of hydrogen-bond donors (Lipinski definition) is 2. The third-order valence-electron chi connectivity index (χ3n) is 4.46. The van der Waals surface area contributed by atoms with Crippen molar-refractivity contribution in [1.82, 2.24) is 10.2 Å². The zero-order valence-electron chi connectivity index (χ0n) is 15.4. The molecule has 4 aromatic rings. The van der Waals surface area contributed by atoms with Gasteiger partial charge in [-0.05, 0) is 29.8 Å². The van der Waals surface area contributed by atoms with Gasteiger partial charge in [0, 0.05) is 16.6 Å². The first-order valence-electron chi connectivity index (χ1n) is 8.73. The van der Waals surface area contributed by atoms with Crippen LogP contribution < -0.4 is 4.72 Å². The second-order valence-electron chi connectivity index (χ2n) is 6.29. The average Bonchev–Trinajstić information content (AvgIpc) is 3.17. The molecular formula is C21H17N3O4S. The third-order valence-corrected chi connectivity index (χ3v) is 5.89. The summed E-state index contributed by atoms with van der Waals surface area (Å²) in [5.74, 6) is -0.606. The van der Waals surface area contributed by atoms with Crippen LogP contribution in [0.4, 0.5) is 5.69 Å². The maximum Gasteiger partial charge on any atom is 0.359 e. The molecule has 1 heterocycles. The SMILES string of the molecule is COC(=O)c1n[nH]c2ccc(NS(=O)(=O)c3ccccc3-c3ccccc3)cc12. The van der Waals surface area contributed by atoms with Gasteiger partial charge in [-0.2, -0.15) is 5.10 Å². The molecule has 0 unspecified atom stereocenters. The third kappa shape index (κ3) is 3.57. The molecule has 3 aromatic carbocycles. The Hall–Kier alpha value is -3.65. The van der Waals surface area contributed by atoms with Crippen LogP contribution >= 0.6 is 0 Å². The molecule has 0 spiro atoms. The van der Waals surface area contributed by atoms with Crippen molar-refractivity contribution in [2.24, 2.45) is 0 Å². The maximum atomic E-state index is 13.1. The second-order valence-corrected chi connectivity index (χ2v) is 7.94. The summed E-state index contributed by atoms with van der Waals surface area (Å²) in [6.07, 6.45) is 0. The summed E-state index contributed by atoms with van der Waals surface area (Å²) in [7, 11) is -2.62. The summed E-state index contributed by atoms with van der Waals surface area (Å²) < 4.78 is 33.5. The molecule has 8 heteroatoms. The Bertz CT molecular complexity index is 1300. The molecule has 1 aromatic heterocycles. The minimum Gasteiger partial charge on any atom is -0.464 e. The largest absolute Gasteiger partial charge is 0.464 e. The maximum absolute atomic E-state index is 13.1. The first kappa shape index (κ1) is 18.7. The van der Waals surface area contributed by atoms with Crippen molar-refractivity contribution in [3.8, 4) is 11.1 Å². The van der Waals surface area contributed by atoms with E-state index in [1.54, 1.807) is 42.5 Å². The van der Waals surface area contributed by atoms with Gasteiger partial charge in [-0.1, -0.05) is 48.5 Å². The van der Waals surface area contributed by atoms with Gasteiger partial charge in [0.2, 0.25) is 0 Å². The normalized spacial score (nSPS) is 11.3. The van der Waals surface area contributed by atoms with E-state index in [0.717, 1.165) is 5.56 Å². The lowest BCUT2D eigenvalue weighted by atomic mass is 10.1. The van der Waals surface area contributed by atoms with Crippen LogP contribution in [0.2, 0.25) is 0 Å². The van der Waals surface area contributed by atoms with Crippen LogP contribution in [0.5, 0.6) is 0 Å². The lowest BCUT2D eigenvalue weighted by Crippen LogP contribution is -2.14. The minimum absolute atomic E-state index is 0.0910. The first-order chi connectivity index (χ1) is 14.0. The highest BCUT2D eigenvalue weighted by Gasteiger charge is 2.20. The number of nitrogens with zero attached hydrogens (tertiary/aromatic N) is 1. The summed E-state index contributed by atoms with van der Waals surface area (Å²) in [5.41, 5.74) is 2.39. The molecule has 0 radical (unpaired) electrons. The van der Waals surface area contributed by atoms with Crippen molar-refractivity contribution in [2.45, 2.75) is 4.90 Å². The van der Waals surface area contributed by atoms with E-state index in [9.17, 15) is 13.2 Å². The molecule has 146 valence electrons. The molecule has 0 atom stereocenters. The standard InChI is InChI=1S/C21H17N3O4S/c1-28-21(25)20-17-13-15(11-12-18(17)22-23-20)24-29(26,27)19-10-6-5-9-16(19)14-7-3-2-4-8-14/h2-13,24H,1H3,(H,22,23). The van der Waals surface area contributed by atoms with E-state index in [0.29, 0.717) is 22.2 Å². The van der Waals surface area contributed by atoms with Crippen molar-refractivity contribution < 1.29 is 17.9 Å². The molecule has 2 N–H and O–H groups in total. The Morgan fingerprint density at radius 2 is 1.72 bits per heavy atom. The van der Waals surface area contributed by atoms with Crippen LogP contribution in [0.25, 0.3) is 22.0 Å². The predicted molar refractivity (Wildman–Crippen MR) is 110 cm³/mol. The molecule has 0 amide bonds. The molecular weight excluding hydrogens is 390 g/mol. The van der Waals surface area contributed by atoms with Gasteiger partial charge in [-0.15, -0.1) is 0 Å². The lowest BCUT2D eigenvalue weighted by molar-refractivity contribution is 0.0596. The van der Waals surface area contributed by atoms with E-state index in [2.05, 4.69) is 14.9 Å². The quantitative estimate of drug-likeness (QED) is 0.490. The minimum atomic E-state index is -3.88. The molecule has 0 aliphatic heterocycles. The summed E-state index contributed by atoms with van der Waals surface area (Å²) in [4.78, 5) is 12.0. The number of sulfonamides is 1. The van der Waals surface area contributed by atoms with Crippen molar-refractivity contribution in [3.63, 3.8) is 0 Å². The molecule has 0 fully saturated rings. The number of nitrogens with one attached hydrogen (secondary N) is 2. The number of fused-ring (bicyclic) bond motifs is 1. The lowest BCUT2D eigenvalue weighted by Gasteiger charge is -2.13. The first-order valence-corrected chi connectivity index (χ1v) is 10.2. The number of carbonyl (C=O) groups excluding carboxylic acids is 1. The number of rotatable bonds is 5. The van der Waals surface area contributed by atoms with Gasteiger partial charge < -0.3 is 4.74 Å². The van der Waals surface area contributed by atoms with Gasteiger partial charge in [0.05, 0.1) is 17.5 Å². The number of aromatic amines is 1. The summed E-state index contributed by atoms with van der Waals surface area (Å²) in [5, 5.41) is 7.13. The highest BCUT2D eigenvalue weighted by Crippen LogP contribution is 2.29.